The molecule has 4 aromatic rings. The van der Waals surface area contributed by atoms with Crippen molar-refractivity contribution >= 4 is 35.0 Å². The molecule has 4 rings (SSSR count). The van der Waals surface area contributed by atoms with E-state index in [4.69, 9.17) is 11.6 Å². The Balaban J connectivity index is 1.52. The molecule has 0 aliphatic rings. The lowest BCUT2D eigenvalue weighted by atomic mass is 10.1. The minimum Gasteiger partial charge on any atom is -0.321 e. The lowest BCUT2D eigenvalue weighted by molar-refractivity contribution is 0.102. The van der Waals surface area contributed by atoms with Gasteiger partial charge in [-0.2, -0.15) is 4.98 Å². The summed E-state index contributed by atoms with van der Waals surface area (Å²) in [6.45, 7) is 2.62. The quantitative estimate of drug-likeness (QED) is 0.383. The van der Waals surface area contributed by atoms with Crippen molar-refractivity contribution in [1.82, 2.24) is 14.8 Å². The molecule has 0 bridgehead atoms. The Morgan fingerprint density at radius 1 is 1.03 bits per heavy atom. The van der Waals surface area contributed by atoms with Crippen LogP contribution in [0.1, 0.15) is 21.5 Å². The van der Waals surface area contributed by atoms with E-state index in [0.717, 1.165) is 16.9 Å². The first-order chi connectivity index (χ1) is 15.1. The second-order valence-electron chi connectivity index (χ2n) is 7.04. The fraction of sp³-hybridized carbons (Fsp3) is 0.125. The van der Waals surface area contributed by atoms with Crippen LogP contribution in [-0.4, -0.2) is 20.7 Å². The Kier molecular flexibility index (Phi) is 6.70. The molecule has 0 saturated heterocycles. The summed E-state index contributed by atoms with van der Waals surface area (Å²) >= 11 is 7.53. The van der Waals surface area contributed by atoms with Crippen molar-refractivity contribution in [1.29, 1.82) is 0 Å². The maximum absolute atomic E-state index is 12.7. The van der Waals surface area contributed by atoms with Gasteiger partial charge in [0.2, 0.25) is 5.28 Å². The van der Waals surface area contributed by atoms with Gasteiger partial charge in [-0.3, -0.25) is 4.79 Å². The Morgan fingerprint density at radius 3 is 2.61 bits per heavy atom. The summed E-state index contributed by atoms with van der Waals surface area (Å²) in [6.07, 6.45) is 0.819. The van der Waals surface area contributed by atoms with Gasteiger partial charge in [0.15, 0.2) is 5.16 Å². The molecule has 7 heteroatoms. The van der Waals surface area contributed by atoms with Crippen LogP contribution in [0.25, 0.3) is 0 Å². The van der Waals surface area contributed by atoms with E-state index in [-0.39, 0.29) is 11.2 Å². The third kappa shape index (κ3) is 5.54. The van der Waals surface area contributed by atoms with Crippen molar-refractivity contribution in [3.63, 3.8) is 0 Å². The molecule has 5 nitrogen and oxygen atoms in total. The minimum absolute atomic E-state index is 0.152. The molecule has 0 atom stereocenters. The van der Waals surface area contributed by atoms with Gasteiger partial charge >= 0.3 is 0 Å². The van der Waals surface area contributed by atoms with Crippen molar-refractivity contribution in [2.24, 2.45) is 0 Å². The van der Waals surface area contributed by atoms with E-state index in [1.807, 2.05) is 67.6 Å². The molecule has 3 aromatic carbocycles. The summed E-state index contributed by atoms with van der Waals surface area (Å²) in [4.78, 5) is 18.0. The van der Waals surface area contributed by atoms with Crippen LogP contribution < -0.4 is 5.32 Å². The number of nitrogens with zero attached hydrogens (tertiary/aromatic N) is 3. The number of carbonyl (C=O) groups excluding carboxylic acids is 1. The van der Waals surface area contributed by atoms with Gasteiger partial charge in [-0.1, -0.05) is 60.2 Å². The van der Waals surface area contributed by atoms with Crippen LogP contribution in [-0.2, 0) is 13.0 Å². The highest BCUT2D eigenvalue weighted by molar-refractivity contribution is 7.99. The highest BCUT2D eigenvalue weighted by Crippen LogP contribution is 2.33. The zero-order chi connectivity index (χ0) is 21.6. The molecule has 0 spiro atoms. The number of carbonyl (C=O) groups is 1. The molecular formula is C24H21ClN4OS. The molecule has 31 heavy (non-hydrogen) atoms. The molecule has 0 aliphatic heterocycles. The Bertz CT molecular complexity index is 1190. The van der Waals surface area contributed by atoms with Crippen LogP contribution >= 0.6 is 23.4 Å². The summed E-state index contributed by atoms with van der Waals surface area (Å²) in [7, 11) is 0. The van der Waals surface area contributed by atoms with Crippen LogP contribution in [0.4, 0.5) is 5.69 Å². The van der Waals surface area contributed by atoms with Crippen molar-refractivity contribution in [2.75, 3.05) is 5.32 Å². The summed E-state index contributed by atoms with van der Waals surface area (Å²) in [5, 5.41) is 8.23. The number of hydrogen-bond acceptors (Lipinski definition) is 4. The molecule has 1 N–H and O–H groups in total. The van der Waals surface area contributed by atoms with Crippen molar-refractivity contribution < 1.29 is 4.79 Å². The average molecular weight is 449 g/mol. The number of anilines is 1. The molecule has 1 heterocycles. The van der Waals surface area contributed by atoms with E-state index in [1.54, 1.807) is 10.7 Å². The van der Waals surface area contributed by atoms with Gasteiger partial charge in [-0.25, -0.2) is 4.68 Å². The van der Waals surface area contributed by atoms with Gasteiger partial charge in [-0.15, -0.1) is 5.10 Å². The van der Waals surface area contributed by atoms with E-state index in [0.29, 0.717) is 23.0 Å². The fourth-order valence-electron chi connectivity index (χ4n) is 3.14. The zero-order valence-corrected chi connectivity index (χ0v) is 18.5. The van der Waals surface area contributed by atoms with Crippen LogP contribution in [0.3, 0.4) is 0 Å². The van der Waals surface area contributed by atoms with E-state index in [9.17, 15) is 4.79 Å². The number of benzene rings is 3. The van der Waals surface area contributed by atoms with Crippen molar-refractivity contribution in [3.05, 3.63) is 101 Å². The first kappa shape index (κ1) is 21.2. The number of para-hydroxylation sites is 1. The number of aromatic nitrogens is 3. The Hall–Kier alpha value is -3.09. The Morgan fingerprint density at radius 2 is 1.81 bits per heavy atom. The predicted molar refractivity (Wildman–Crippen MR) is 125 cm³/mol. The highest BCUT2D eigenvalue weighted by Gasteiger charge is 2.15. The maximum Gasteiger partial charge on any atom is 0.255 e. The predicted octanol–water partition coefficient (Wildman–Crippen LogP) is 5.89. The SMILES string of the molecule is Cc1cccc(C(=O)Nc2ccccc2Sc2nc(Cl)nn2CCc2ccccc2)c1. The topological polar surface area (TPSA) is 59.8 Å². The van der Waals surface area contributed by atoms with Gasteiger partial charge in [0, 0.05) is 17.0 Å². The standard InChI is InChI=1S/C24H21ClN4OS/c1-17-8-7-11-19(16-17)22(30)26-20-12-5-6-13-21(20)31-24-27-23(25)28-29(24)15-14-18-9-3-2-4-10-18/h2-13,16H,14-15H2,1H3,(H,26,30). The van der Waals surface area contributed by atoms with Gasteiger partial charge < -0.3 is 5.32 Å². The van der Waals surface area contributed by atoms with Crippen molar-refractivity contribution in [2.45, 2.75) is 29.9 Å². The van der Waals surface area contributed by atoms with Gasteiger partial charge in [0.05, 0.1) is 5.69 Å². The van der Waals surface area contributed by atoms with Gasteiger partial charge in [-0.05, 0) is 66.5 Å². The molecular weight excluding hydrogens is 428 g/mol. The maximum atomic E-state index is 12.7. The normalized spacial score (nSPS) is 10.8. The number of rotatable bonds is 7. The summed E-state index contributed by atoms with van der Waals surface area (Å²) in [5.74, 6) is -0.152. The Labute approximate surface area is 190 Å². The summed E-state index contributed by atoms with van der Waals surface area (Å²) < 4.78 is 1.80. The highest BCUT2D eigenvalue weighted by atomic mass is 35.5. The number of nitrogens with one attached hydrogen (secondary N) is 1. The van der Waals surface area contributed by atoms with Crippen LogP contribution in [0.15, 0.2) is 88.9 Å². The lowest BCUT2D eigenvalue weighted by Crippen LogP contribution is -2.12. The molecule has 0 aliphatic carbocycles. The van der Waals surface area contributed by atoms with Gasteiger partial charge in [0.25, 0.3) is 5.91 Å². The average Bonchev–Trinajstić information content (AvgIpc) is 3.13. The van der Waals surface area contributed by atoms with Gasteiger partial charge in [0.1, 0.15) is 0 Å². The number of aryl methyl sites for hydroxylation is 3. The second kappa shape index (κ2) is 9.81. The fourth-order valence-corrected chi connectivity index (χ4v) is 4.30. The van der Waals surface area contributed by atoms with Crippen LogP contribution in [0.5, 0.6) is 0 Å². The molecule has 0 fully saturated rings. The van der Waals surface area contributed by atoms with E-state index in [2.05, 4.69) is 27.5 Å². The molecule has 1 amide bonds. The molecule has 156 valence electrons. The summed E-state index contributed by atoms with van der Waals surface area (Å²) in [6, 6.07) is 25.4. The minimum atomic E-state index is -0.152. The number of amides is 1. The van der Waals surface area contributed by atoms with Crippen LogP contribution in [0, 0.1) is 6.92 Å². The second-order valence-corrected chi connectivity index (χ2v) is 8.39. The summed E-state index contributed by atoms with van der Waals surface area (Å²) in [5.41, 5.74) is 3.59. The lowest BCUT2D eigenvalue weighted by Gasteiger charge is -2.11. The zero-order valence-electron chi connectivity index (χ0n) is 17.0. The van der Waals surface area contributed by atoms with Crippen LogP contribution in [0.2, 0.25) is 5.28 Å². The molecule has 0 radical (unpaired) electrons. The van der Waals surface area contributed by atoms with E-state index < -0.39 is 0 Å². The monoisotopic (exact) mass is 448 g/mol. The smallest absolute Gasteiger partial charge is 0.255 e. The number of halogens is 1. The molecule has 0 saturated carbocycles. The third-order valence-corrected chi connectivity index (χ3v) is 5.90. The first-order valence-corrected chi connectivity index (χ1v) is 11.1. The third-order valence-electron chi connectivity index (χ3n) is 4.68. The first-order valence-electron chi connectivity index (χ1n) is 9.87. The number of hydrogen-bond donors (Lipinski definition) is 1. The molecule has 1 aromatic heterocycles. The molecule has 0 unspecified atom stereocenters. The van der Waals surface area contributed by atoms with E-state index >= 15 is 0 Å². The van der Waals surface area contributed by atoms with Crippen molar-refractivity contribution in [3.8, 4) is 0 Å². The largest absolute Gasteiger partial charge is 0.321 e. The van der Waals surface area contributed by atoms with E-state index in [1.165, 1.54) is 17.3 Å².